The molecule has 0 aliphatic carbocycles. The van der Waals surface area contributed by atoms with Crippen molar-refractivity contribution in [2.24, 2.45) is 7.05 Å². The molecule has 1 saturated heterocycles. The van der Waals surface area contributed by atoms with E-state index in [1.54, 1.807) is 28.8 Å². The number of sulfonamides is 1. The SMILES string of the molecule is Cn1ccnc1CN1CCCN(S(=O)(=O)c2cccc3cccnc23)CC1. The van der Waals surface area contributed by atoms with Crippen molar-refractivity contribution in [2.45, 2.75) is 17.9 Å². The smallest absolute Gasteiger partial charge is 0.245 e. The van der Waals surface area contributed by atoms with Crippen LogP contribution in [-0.4, -0.2) is 58.3 Å². The van der Waals surface area contributed by atoms with Crippen molar-refractivity contribution in [1.29, 1.82) is 0 Å². The molecule has 2 aromatic heterocycles. The summed E-state index contributed by atoms with van der Waals surface area (Å²) in [7, 11) is -1.61. The zero-order valence-corrected chi connectivity index (χ0v) is 16.1. The first-order valence-electron chi connectivity index (χ1n) is 9.08. The van der Waals surface area contributed by atoms with Crippen LogP contribution in [0.5, 0.6) is 0 Å². The fraction of sp³-hybridized carbons (Fsp3) is 0.368. The predicted molar refractivity (Wildman–Crippen MR) is 104 cm³/mol. The Hall–Kier alpha value is -2.29. The van der Waals surface area contributed by atoms with Crippen LogP contribution in [0.4, 0.5) is 0 Å². The second-order valence-electron chi connectivity index (χ2n) is 6.82. The third-order valence-corrected chi connectivity index (χ3v) is 6.98. The summed E-state index contributed by atoms with van der Waals surface area (Å²) >= 11 is 0. The van der Waals surface area contributed by atoms with Gasteiger partial charge in [-0.3, -0.25) is 9.88 Å². The summed E-state index contributed by atoms with van der Waals surface area (Å²) in [6.45, 7) is 3.25. The second kappa shape index (κ2) is 7.38. The molecule has 4 rings (SSSR count). The van der Waals surface area contributed by atoms with Crippen LogP contribution in [0.2, 0.25) is 0 Å². The van der Waals surface area contributed by atoms with Crippen molar-refractivity contribution in [3.63, 3.8) is 0 Å². The van der Waals surface area contributed by atoms with Crippen molar-refractivity contribution in [2.75, 3.05) is 26.2 Å². The van der Waals surface area contributed by atoms with Gasteiger partial charge in [-0.2, -0.15) is 4.31 Å². The topological polar surface area (TPSA) is 71.3 Å². The van der Waals surface area contributed by atoms with Gasteiger partial charge in [-0.05, 0) is 25.1 Å². The number of aromatic nitrogens is 3. The van der Waals surface area contributed by atoms with E-state index in [1.807, 2.05) is 36.0 Å². The van der Waals surface area contributed by atoms with Crippen molar-refractivity contribution >= 4 is 20.9 Å². The molecule has 7 nitrogen and oxygen atoms in total. The largest absolute Gasteiger partial charge is 0.337 e. The zero-order chi connectivity index (χ0) is 18.9. The van der Waals surface area contributed by atoms with Gasteiger partial charge in [0.05, 0.1) is 12.1 Å². The number of hydrogen-bond acceptors (Lipinski definition) is 5. The molecule has 0 saturated carbocycles. The number of para-hydroxylation sites is 1. The number of nitrogens with zero attached hydrogens (tertiary/aromatic N) is 5. The average molecular weight is 385 g/mol. The van der Waals surface area contributed by atoms with E-state index in [9.17, 15) is 8.42 Å². The molecule has 1 aliphatic heterocycles. The Balaban J connectivity index is 1.55. The van der Waals surface area contributed by atoms with Gasteiger partial charge in [-0.15, -0.1) is 0 Å². The van der Waals surface area contributed by atoms with Gasteiger partial charge in [0, 0.05) is 50.7 Å². The molecular weight excluding hydrogens is 362 g/mol. The van der Waals surface area contributed by atoms with Gasteiger partial charge in [0.15, 0.2) is 0 Å². The van der Waals surface area contributed by atoms with Crippen LogP contribution in [-0.2, 0) is 23.6 Å². The molecule has 142 valence electrons. The Kier molecular flexibility index (Phi) is 4.94. The highest BCUT2D eigenvalue weighted by Gasteiger charge is 2.29. The van der Waals surface area contributed by atoms with Crippen molar-refractivity contribution in [1.82, 2.24) is 23.7 Å². The summed E-state index contributed by atoms with van der Waals surface area (Å²) < 4.78 is 30.2. The van der Waals surface area contributed by atoms with E-state index in [0.717, 1.165) is 30.7 Å². The molecule has 0 bridgehead atoms. The third-order valence-electron chi connectivity index (χ3n) is 5.05. The zero-order valence-electron chi connectivity index (χ0n) is 15.3. The molecule has 0 atom stereocenters. The minimum absolute atomic E-state index is 0.290. The second-order valence-corrected chi connectivity index (χ2v) is 8.73. The lowest BCUT2D eigenvalue weighted by atomic mass is 10.2. The first-order valence-corrected chi connectivity index (χ1v) is 10.5. The van der Waals surface area contributed by atoms with Gasteiger partial charge in [-0.1, -0.05) is 18.2 Å². The summed E-state index contributed by atoms with van der Waals surface area (Å²) in [6, 6.07) is 9.03. The monoisotopic (exact) mass is 385 g/mol. The molecule has 0 amide bonds. The van der Waals surface area contributed by atoms with Crippen molar-refractivity contribution in [3.05, 3.63) is 54.7 Å². The molecule has 0 N–H and O–H groups in total. The van der Waals surface area contributed by atoms with Gasteiger partial charge < -0.3 is 4.57 Å². The molecule has 0 spiro atoms. The number of imidazole rings is 1. The van der Waals surface area contributed by atoms with E-state index in [-0.39, 0.29) is 4.90 Å². The summed E-state index contributed by atoms with van der Waals surface area (Å²) in [5.74, 6) is 0.990. The van der Waals surface area contributed by atoms with Crippen LogP contribution < -0.4 is 0 Å². The Labute approximate surface area is 159 Å². The van der Waals surface area contributed by atoms with Gasteiger partial charge in [0.1, 0.15) is 10.7 Å². The minimum Gasteiger partial charge on any atom is -0.337 e. The van der Waals surface area contributed by atoms with E-state index in [2.05, 4.69) is 14.9 Å². The minimum atomic E-state index is -3.58. The fourth-order valence-electron chi connectivity index (χ4n) is 3.52. The van der Waals surface area contributed by atoms with Gasteiger partial charge >= 0.3 is 0 Å². The summed E-state index contributed by atoms with van der Waals surface area (Å²) in [5.41, 5.74) is 0.536. The lowest BCUT2D eigenvalue weighted by Gasteiger charge is -2.22. The van der Waals surface area contributed by atoms with Crippen molar-refractivity contribution < 1.29 is 8.42 Å². The lowest BCUT2D eigenvalue weighted by molar-refractivity contribution is 0.269. The maximum atomic E-state index is 13.3. The maximum Gasteiger partial charge on any atom is 0.245 e. The van der Waals surface area contributed by atoms with Crippen molar-refractivity contribution in [3.8, 4) is 0 Å². The number of benzene rings is 1. The lowest BCUT2D eigenvalue weighted by Crippen LogP contribution is -2.35. The number of aryl methyl sites for hydroxylation is 1. The summed E-state index contributed by atoms with van der Waals surface area (Å²) in [4.78, 5) is 11.2. The predicted octanol–water partition coefficient (Wildman–Crippen LogP) is 1.86. The molecular formula is C19H23N5O2S. The van der Waals surface area contributed by atoms with E-state index >= 15 is 0 Å². The number of rotatable bonds is 4. The van der Waals surface area contributed by atoms with Crippen LogP contribution in [0.1, 0.15) is 12.2 Å². The standard InChI is InChI=1S/C19H23N5O2S/c1-22-12-9-20-18(22)15-23-10-4-11-24(14-13-23)27(25,26)17-7-2-5-16-6-3-8-21-19(16)17/h2-3,5-9,12H,4,10-11,13-15H2,1H3. The first kappa shape index (κ1) is 18.1. The number of fused-ring (bicyclic) bond motifs is 1. The van der Waals surface area contributed by atoms with Gasteiger partial charge in [0.25, 0.3) is 0 Å². The highest BCUT2D eigenvalue weighted by atomic mass is 32.2. The molecule has 1 aliphatic rings. The van der Waals surface area contributed by atoms with Crippen LogP contribution in [0.15, 0.2) is 53.8 Å². The molecule has 1 fully saturated rings. The average Bonchev–Trinajstić information content (AvgIpc) is 2.92. The first-order chi connectivity index (χ1) is 13.1. The fourth-order valence-corrected chi connectivity index (χ4v) is 5.15. The van der Waals surface area contributed by atoms with Crippen LogP contribution >= 0.6 is 0 Å². The van der Waals surface area contributed by atoms with Gasteiger partial charge in [-0.25, -0.2) is 13.4 Å². The quantitative estimate of drug-likeness (QED) is 0.686. The number of hydrogen-bond donors (Lipinski definition) is 0. The van der Waals surface area contributed by atoms with E-state index in [0.29, 0.717) is 25.2 Å². The number of pyridine rings is 1. The maximum absolute atomic E-state index is 13.3. The Morgan fingerprint density at radius 3 is 2.67 bits per heavy atom. The normalized spacial score (nSPS) is 17.2. The molecule has 3 heterocycles. The molecule has 3 aromatic rings. The van der Waals surface area contributed by atoms with Gasteiger partial charge in [0.2, 0.25) is 10.0 Å². The Bertz CT molecular complexity index is 1040. The highest BCUT2D eigenvalue weighted by molar-refractivity contribution is 7.89. The third kappa shape index (κ3) is 3.60. The van der Waals surface area contributed by atoms with E-state index < -0.39 is 10.0 Å². The molecule has 0 unspecified atom stereocenters. The summed E-state index contributed by atoms with van der Waals surface area (Å²) in [6.07, 6.45) is 6.15. The highest BCUT2D eigenvalue weighted by Crippen LogP contribution is 2.25. The Morgan fingerprint density at radius 2 is 1.85 bits per heavy atom. The van der Waals surface area contributed by atoms with Crippen LogP contribution in [0, 0.1) is 0 Å². The Morgan fingerprint density at radius 1 is 1.00 bits per heavy atom. The molecule has 1 aromatic carbocycles. The molecule has 8 heteroatoms. The van der Waals surface area contributed by atoms with E-state index in [4.69, 9.17) is 0 Å². The van der Waals surface area contributed by atoms with Crippen LogP contribution in [0.3, 0.4) is 0 Å². The van der Waals surface area contributed by atoms with E-state index in [1.165, 1.54) is 0 Å². The molecule has 27 heavy (non-hydrogen) atoms. The summed E-state index contributed by atoms with van der Waals surface area (Å²) in [5, 5.41) is 0.838. The van der Waals surface area contributed by atoms with Crippen LogP contribution in [0.25, 0.3) is 10.9 Å². The molecule has 0 radical (unpaired) electrons.